The quantitative estimate of drug-likeness (QED) is 0.721. The summed E-state index contributed by atoms with van der Waals surface area (Å²) in [7, 11) is 1.97. The first-order valence-corrected chi connectivity index (χ1v) is 6.84. The van der Waals surface area contributed by atoms with Crippen molar-refractivity contribution in [3.05, 3.63) is 60.2 Å². The summed E-state index contributed by atoms with van der Waals surface area (Å²) >= 11 is 0. The number of aryl methyl sites for hydroxylation is 1. The van der Waals surface area contributed by atoms with Crippen LogP contribution in [0.5, 0.6) is 0 Å². The van der Waals surface area contributed by atoms with Gasteiger partial charge in [-0.2, -0.15) is 0 Å². The van der Waals surface area contributed by atoms with Gasteiger partial charge in [0.2, 0.25) is 0 Å². The third kappa shape index (κ3) is 2.86. The van der Waals surface area contributed by atoms with Crippen molar-refractivity contribution in [1.29, 1.82) is 0 Å². The molecule has 0 aliphatic heterocycles. The van der Waals surface area contributed by atoms with Crippen LogP contribution in [0.2, 0.25) is 0 Å². The maximum Gasteiger partial charge on any atom is 0.133 e. The minimum absolute atomic E-state index is 0.878. The number of benzene rings is 2. The maximum atomic E-state index is 4.07. The Morgan fingerprint density at radius 3 is 2.75 bits per heavy atom. The molecule has 2 aromatic carbocycles. The molecule has 1 aromatic heterocycles. The highest BCUT2D eigenvalue weighted by molar-refractivity contribution is 5.82. The lowest BCUT2D eigenvalue weighted by Crippen LogP contribution is -2.18. The standard InChI is InChI=1S/C16H18N4/c1-20-12-18-19-16(20)8-9-17-11-13-6-7-14-4-2-3-5-15(14)10-13/h2-7,10,12,17H,8-9,11H2,1H3. The van der Waals surface area contributed by atoms with Crippen LogP contribution in [-0.4, -0.2) is 21.3 Å². The molecular formula is C16H18N4. The number of aromatic nitrogens is 3. The number of rotatable bonds is 5. The first kappa shape index (κ1) is 12.8. The number of hydrogen-bond acceptors (Lipinski definition) is 3. The van der Waals surface area contributed by atoms with Gasteiger partial charge in [0.15, 0.2) is 0 Å². The molecule has 3 aromatic rings. The SMILES string of the molecule is Cn1cnnc1CCNCc1ccc2ccccc2c1. The van der Waals surface area contributed by atoms with Crippen molar-refractivity contribution < 1.29 is 0 Å². The van der Waals surface area contributed by atoms with Crippen LogP contribution >= 0.6 is 0 Å². The Bertz CT molecular complexity index is 702. The van der Waals surface area contributed by atoms with Gasteiger partial charge in [0.1, 0.15) is 12.2 Å². The van der Waals surface area contributed by atoms with E-state index in [1.165, 1.54) is 16.3 Å². The zero-order valence-electron chi connectivity index (χ0n) is 11.6. The van der Waals surface area contributed by atoms with Gasteiger partial charge >= 0.3 is 0 Å². The van der Waals surface area contributed by atoms with Crippen molar-refractivity contribution >= 4 is 10.8 Å². The zero-order chi connectivity index (χ0) is 13.8. The van der Waals surface area contributed by atoms with E-state index in [2.05, 4.69) is 58.0 Å². The Morgan fingerprint density at radius 1 is 1.10 bits per heavy atom. The fraction of sp³-hybridized carbons (Fsp3) is 0.250. The topological polar surface area (TPSA) is 42.7 Å². The van der Waals surface area contributed by atoms with Crippen LogP contribution in [-0.2, 0) is 20.0 Å². The zero-order valence-corrected chi connectivity index (χ0v) is 11.6. The summed E-state index contributed by atoms with van der Waals surface area (Å²) in [4.78, 5) is 0. The molecule has 0 aliphatic carbocycles. The van der Waals surface area contributed by atoms with Crippen molar-refractivity contribution in [2.45, 2.75) is 13.0 Å². The highest BCUT2D eigenvalue weighted by atomic mass is 15.2. The Kier molecular flexibility index (Phi) is 3.74. The molecule has 0 spiro atoms. The average Bonchev–Trinajstić information content (AvgIpc) is 2.89. The van der Waals surface area contributed by atoms with Crippen molar-refractivity contribution in [2.75, 3.05) is 6.54 Å². The van der Waals surface area contributed by atoms with Gasteiger partial charge in [-0.05, 0) is 22.4 Å². The van der Waals surface area contributed by atoms with E-state index in [1.54, 1.807) is 6.33 Å². The van der Waals surface area contributed by atoms with Crippen LogP contribution in [0.15, 0.2) is 48.8 Å². The molecule has 0 saturated carbocycles. The minimum atomic E-state index is 0.878. The Balaban J connectivity index is 1.56. The molecule has 0 amide bonds. The average molecular weight is 266 g/mol. The molecule has 0 radical (unpaired) electrons. The van der Waals surface area contributed by atoms with Crippen LogP contribution in [0.1, 0.15) is 11.4 Å². The Labute approximate surface area is 118 Å². The van der Waals surface area contributed by atoms with Gasteiger partial charge in [-0.3, -0.25) is 0 Å². The highest BCUT2D eigenvalue weighted by Crippen LogP contribution is 2.15. The lowest BCUT2D eigenvalue weighted by molar-refractivity contribution is 0.654. The number of hydrogen-bond donors (Lipinski definition) is 1. The monoisotopic (exact) mass is 266 g/mol. The van der Waals surface area contributed by atoms with Crippen LogP contribution in [0.3, 0.4) is 0 Å². The normalized spacial score (nSPS) is 11.1. The van der Waals surface area contributed by atoms with Crippen LogP contribution in [0.25, 0.3) is 10.8 Å². The summed E-state index contributed by atoms with van der Waals surface area (Å²) in [6.45, 7) is 1.78. The van der Waals surface area contributed by atoms with Crippen LogP contribution in [0, 0.1) is 0 Å². The third-order valence-electron chi connectivity index (χ3n) is 3.47. The summed E-state index contributed by atoms with van der Waals surface area (Å²) in [5, 5.41) is 14.0. The molecule has 4 heteroatoms. The van der Waals surface area contributed by atoms with Gasteiger partial charge in [0.05, 0.1) is 0 Å². The predicted molar refractivity (Wildman–Crippen MR) is 80.4 cm³/mol. The molecule has 4 nitrogen and oxygen atoms in total. The molecule has 0 fully saturated rings. The molecule has 3 rings (SSSR count). The third-order valence-corrected chi connectivity index (χ3v) is 3.47. The molecule has 0 bridgehead atoms. The molecule has 1 N–H and O–H groups in total. The number of nitrogens with zero attached hydrogens (tertiary/aromatic N) is 3. The van der Waals surface area contributed by atoms with Gasteiger partial charge in [-0.1, -0.05) is 36.4 Å². The van der Waals surface area contributed by atoms with Gasteiger partial charge < -0.3 is 9.88 Å². The van der Waals surface area contributed by atoms with Crippen LogP contribution < -0.4 is 5.32 Å². The summed E-state index contributed by atoms with van der Waals surface area (Å²) in [5.74, 6) is 1.01. The minimum Gasteiger partial charge on any atom is -0.321 e. The maximum absolute atomic E-state index is 4.07. The van der Waals surface area contributed by atoms with Gasteiger partial charge in [-0.15, -0.1) is 10.2 Å². The Morgan fingerprint density at radius 2 is 1.95 bits per heavy atom. The fourth-order valence-electron chi connectivity index (χ4n) is 2.32. The van der Waals surface area contributed by atoms with E-state index in [0.717, 1.165) is 25.3 Å². The van der Waals surface area contributed by atoms with Crippen molar-refractivity contribution in [3.8, 4) is 0 Å². The van der Waals surface area contributed by atoms with Gasteiger partial charge in [0.25, 0.3) is 0 Å². The first-order valence-electron chi connectivity index (χ1n) is 6.84. The molecule has 0 unspecified atom stereocenters. The summed E-state index contributed by atoms with van der Waals surface area (Å²) < 4.78 is 1.96. The van der Waals surface area contributed by atoms with E-state index in [1.807, 2.05) is 11.6 Å². The molecule has 102 valence electrons. The van der Waals surface area contributed by atoms with Gasteiger partial charge in [0, 0.05) is 26.6 Å². The highest BCUT2D eigenvalue weighted by Gasteiger charge is 2.00. The lowest BCUT2D eigenvalue weighted by atomic mass is 10.1. The second-order valence-electron chi connectivity index (χ2n) is 4.97. The second-order valence-corrected chi connectivity index (χ2v) is 4.97. The molecule has 0 saturated heterocycles. The largest absolute Gasteiger partial charge is 0.321 e. The van der Waals surface area contributed by atoms with Gasteiger partial charge in [-0.25, -0.2) is 0 Å². The number of fused-ring (bicyclic) bond motifs is 1. The molecule has 1 heterocycles. The van der Waals surface area contributed by atoms with Crippen molar-refractivity contribution in [2.24, 2.45) is 7.05 Å². The summed E-state index contributed by atoms with van der Waals surface area (Å²) in [5.41, 5.74) is 1.31. The molecule has 20 heavy (non-hydrogen) atoms. The Hall–Kier alpha value is -2.20. The van der Waals surface area contributed by atoms with E-state index in [-0.39, 0.29) is 0 Å². The summed E-state index contributed by atoms with van der Waals surface area (Å²) in [6, 6.07) is 15.0. The van der Waals surface area contributed by atoms with E-state index in [0.29, 0.717) is 0 Å². The molecular weight excluding hydrogens is 248 g/mol. The fourth-order valence-corrected chi connectivity index (χ4v) is 2.32. The smallest absolute Gasteiger partial charge is 0.133 e. The van der Waals surface area contributed by atoms with E-state index >= 15 is 0 Å². The van der Waals surface area contributed by atoms with E-state index < -0.39 is 0 Å². The number of nitrogens with one attached hydrogen (secondary N) is 1. The summed E-state index contributed by atoms with van der Waals surface area (Å²) in [6.07, 6.45) is 2.63. The van der Waals surface area contributed by atoms with Crippen LogP contribution in [0.4, 0.5) is 0 Å². The predicted octanol–water partition coefficient (Wildman–Crippen LogP) is 2.30. The molecule has 0 aliphatic rings. The molecule has 0 atom stereocenters. The van der Waals surface area contributed by atoms with E-state index in [4.69, 9.17) is 0 Å². The van der Waals surface area contributed by atoms with E-state index in [9.17, 15) is 0 Å². The van der Waals surface area contributed by atoms with Crippen molar-refractivity contribution in [1.82, 2.24) is 20.1 Å². The first-order chi connectivity index (χ1) is 9.83. The second kappa shape index (κ2) is 5.84. The van der Waals surface area contributed by atoms with Crippen molar-refractivity contribution in [3.63, 3.8) is 0 Å². The lowest BCUT2D eigenvalue weighted by Gasteiger charge is -2.06.